The summed E-state index contributed by atoms with van der Waals surface area (Å²) in [5.74, 6) is -1.06. The first-order valence-electron chi connectivity index (χ1n) is 11.8. The number of aromatic amines is 1. The van der Waals surface area contributed by atoms with Crippen LogP contribution < -0.4 is 15.8 Å². The number of hydrogen-bond donors (Lipinski definition) is 3. The Balaban J connectivity index is 1.50. The summed E-state index contributed by atoms with van der Waals surface area (Å²) in [6.45, 7) is 5.55. The van der Waals surface area contributed by atoms with E-state index >= 15 is 4.39 Å². The number of benzene rings is 3. The van der Waals surface area contributed by atoms with Crippen molar-refractivity contribution in [3.8, 4) is 17.0 Å². The van der Waals surface area contributed by atoms with Gasteiger partial charge in [-0.3, -0.25) is 14.8 Å². The van der Waals surface area contributed by atoms with Crippen molar-refractivity contribution in [1.82, 2.24) is 10.3 Å². The molecule has 0 aliphatic carbocycles. The summed E-state index contributed by atoms with van der Waals surface area (Å²) in [6.07, 6.45) is 1.41. The first-order valence-corrected chi connectivity index (χ1v) is 11.8. The Morgan fingerprint density at radius 1 is 0.944 bits per heavy atom. The third-order valence-electron chi connectivity index (χ3n) is 6.39. The minimum absolute atomic E-state index is 0.252. The minimum atomic E-state index is -0.444. The summed E-state index contributed by atoms with van der Waals surface area (Å²) >= 11 is 0. The highest BCUT2D eigenvalue weighted by molar-refractivity contribution is 6.03. The Morgan fingerprint density at radius 2 is 1.64 bits per heavy atom. The van der Waals surface area contributed by atoms with Gasteiger partial charge in [0.2, 0.25) is 5.88 Å². The van der Waals surface area contributed by atoms with E-state index in [0.29, 0.717) is 40.8 Å². The van der Waals surface area contributed by atoms with E-state index in [9.17, 15) is 14.3 Å². The van der Waals surface area contributed by atoms with Crippen molar-refractivity contribution in [2.45, 2.75) is 25.9 Å². The number of H-pyrrole nitrogens is 1. The first kappa shape index (κ1) is 23.7. The lowest BCUT2D eigenvalue weighted by atomic mass is 9.99. The number of fused-ring (bicyclic) bond motifs is 1. The van der Waals surface area contributed by atoms with Gasteiger partial charge in [-0.05, 0) is 61.4 Å². The standard InChI is InChI=1S/C28H26F2N4O2/c1-16-14-34(15-17(2)32-16)26-10-8-21(12-25(26)30)31-13-24-23-11-19(18-3-6-20(29)7-4-18)5-9-22(23)27(35)33-28(24)36/h3-13,16-17,32H,14-15H2,1-2H3,(H2,33,35,36)/t16-,17+. The Hall–Kier alpha value is -4.04. The minimum Gasteiger partial charge on any atom is -0.494 e. The molecule has 184 valence electrons. The van der Waals surface area contributed by atoms with Gasteiger partial charge >= 0.3 is 0 Å². The monoisotopic (exact) mass is 488 g/mol. The molecule has 1 aromatic heterocycles. The molecule has 0 saturated carbocycles. The van der Waals surface area contributed by atoms with Crippen LogP contribution in [0.3, 0.4) is 0 Å². The summed E-state index contributed by atoms with van der Waals surface area (Å²) in [5, 5.41) is 14.8. The maximum atomic E-state index is 15.0. The number of anilines is 1. The third kappa shape index (κ3) is 4.72. The fourth-order valence-electron chi connectivity index (χ4n) is 4.78. The lowest BCUT2D eigenvalue weighted by molar-refractivity contribution is 0.404. The number of pyridine rings is 1. The normalized spacial score (nSPS) is 18.3. The fourth-order valence-corrected chi connectivity index (χ4v) is 4.78. The molecular weight excluding hydrogens is 462 g/mol. The van der Waals surface area contributed by atoms with Gasteiger partial charge in [-0.15, -0.1) is 0 Å². The molecule has 0 radical (unpaired) electrons. The highest BCUT2D eigenvalue weighted by Crippen LogP contribution is 2.29. The molecule has 0 unspecified atom stereocenters. The van der Waals surface area contributed by atoms with Gasteiger partial charge in [0, 0.05) is 48.2 Å². The topological polar surface area (TPSA) is 80.7 Å². The van der Waals surface area contributed by atoms with Crippen LogP contribution >= 0.6 is 0 Å². The number of halogens is 2. The van der Waals surface area contributed by atoms with Crippen LogP contribution in [0.5, 0.6) is 5.88 Å². The van der Waals surface area contributed by atoms with E-state index in [1.54, 1.807) is 42.5 Å². The number of piperazine rings is 1. The van der Waals surface area contributed by atoms with Crippen molar-refractivity contribution in [2.75, 3.05) is 18.0 Å². The van der Waals surface area contributed by atoms with Crippen LogP contribution in [0.2, 0.25) is 0 Å². The molecule has 2 atom stereocenters. The molecule has 3 aromatic carbocycles. The second-order valence-corrected chi connectivity index (χ2v) is 9.25. The number of hydrogen-bond acceptors (Lipinski definition) is 5. The smallest absolute Gasteiger partial charge is 0.258 e. The maximum Gasteiger partial charge on any atom is 0.258 e. The van der Waals surface area contributed by atoms with E-state index < -0.39 is 5.56 Å². The predicted octanol–water partition coefficient (Wildman–Crippen LogP) is 5.12. The van der Waals surface area contributed by atoms with Crippen LogP contribution in [0.25, 0.3) is 21.9 Å². The molecule has 1 aliphatic rings. The molecule has 4 aromatic rings. The molecule has 5 rings (SSSR count). The van der Waals surface area contributed by atoms with Crippen molar-refractivity contribution in [3.63, 3.8) is 0 Å². The van der Waals surface area contributed by atoms with Gasteiger partial charge < -0.3 is 15.3 Å². The Morgan fingerprint density at radius 3 is 2.33 bits per heavy atom. The highest BCUT2D eigenvalue weighted by atomic mass is 19.1. The Kier molecular flexibility index (Phi) is 6.28. The molecule has 1 saturated heterocycles. The van der Waals surface area contributed by atoms with Gasteiger partial charge in [0.1, 0.15) is 11.6 Å². The molecule has 0 bridgehead atoms. The second-order valence-electron chi connectivity index (χ2n) is 9.25. The van der Waals surface area contributed by atoms with E-state index in [0.717, 1.165) is 11.1 Å². The van der Waals surface area contributed by atoms with E-state index in [4.69, 9.17) is 0 Å². The number of nitrogens with zero attached hydrogens (tertiary/aromatic N) is 2. The van der Waals surface area contributed by atoms with Gasteiger partial charge in [0.15, 0.2) is 0 Å². The molecule has 2 heterocycles. The van der Waals surface area contributed by atoms with Crippen molar-refractivity contribution >= 4 is 28.4 Å². The SMILES string of the molecule is C[C@@H]1CN(c2ccc(N=Cc3c(O)[nH]c(=O)c4ccc(-c5ccc(F)cc5)cc34)cc2F)C[C@H](C)N1. The van der Waals surface area contributed by atoms with Crippen LogP contribution in [-0.2, 0) is 0 Å². The fraction of sp³-hybridized carbons (Fsp3) is 0.214. The Labute approximate surface area is 206 Å². The van der Waals surface area contributed by atoms with Gasteiger partial charge in [-0.2, -0.15) is 0 Å². The van der Waals surface area contributed by atoms with E-state index in [1.165, 1.54) is 24.4 Å². The maximum absolute atomic E-state index is 15.0. The van der Waals surface area contributed by atoms with Crippen LogP contribution in [0.1, 0.15) is 19.4 Å². The average molecular weight is 489 g/mol. The quantitative estimate of drug-likeness (QED) is 0.349. The number of rotatable bonds is 4. The summed E-state index contributed by atoms with van der Waals surface area (Å²) in [4.78, 5) is 21.3. The van der Waals surface area contributed by atoms with E-state index in [-0.39, 0.29) is 29.6 Å². The number of aromatic hydroxyl groups is 1. The number of nitrogens with one attached hydrogen (secondary N) is 2. The van der Waals surface area contributed by atoms with Gasteiger partial charge in [0.05, 0.1) is 16.9 Å². The van der Waals surface area contributed by atoms with Crippen LogP contribution in [0.4, 0.5) is 20.2 Å². The molecule has 8 heteroatoms. The van der Waals surface area contributed by atoms with Crippen molar-refractivity contribution in [1.29, 1.82) is 0 Å². The lowest BCUT2D eigenvalue weighted by Crippen LogP contribution is -2.54. The van der Waals surface area contributed by atoms with Crippen molar-refractivity contribution in [3.05, 3.63) is 88.2 Å². The summed E-state index contributed by atoms with van der Waals surface area (Å²) < 4.78 is 28.4. The zero-order valence-electron chi connectivity index (χ0n) is 19.9. The van der Waals surface area contributed by atoms with E-state index in [1.807, 2.05) is 4.90 Å². The van der Waals surface area contributed by atoms with Gasteiger partial charge in [-0.1, -0.05) is 18.2 Å². The zero-order valence-corrected chi connectivity index (χ0v) is 19.9. The van der Waals surface area contributed by atoms with E-state index in [2.05, 4.69) is 29.1 Å². The lowest BCUT2D eigenvalue weighted by Gasteiger charge is -2.37. The van der Waals surface area contributed by atoms with Crippen LogP contribution in [-0.4, -0.2) is 41.5 Å². The third-order valence-corrected chi connectivity index (χ3v) is 6.39. The number of aliphatic imine (C=N–C) groups is 1. The zero-order chi connectivity index (χ0) is 25.4. The number of aromatic nitrogens is 1. The predicted molar refractivity (Wildman–Crippen MR) is 140 cm³/mol. The highest BCUT2D eigenvalue weighted by Gasteiger charge is 2.23. The molecule has 36 heavy (non-hydrogen) atoms. The molecule has 1 aliphatic heterocycles. The molecular formula is C28H26F2N4O2. The second kappa shape index (κ2) is 9.54. The molecule has 6 nitrogen and oxygen atoms in total. The molecule has 0 amide bonds. The molecule has 3 N–H and O–H groups in total. The van der Waals surface area contributed by atoms with Crippen LogP contribution in [0.15, 0.2) is 70.5 Å². The largest absolute Gasteiger partial charge is 0.494 e. The summed E-state index contributed by atoms with van der Waals surface area (Å²) in [5.41, 5.74) is 2.26. The Bertz CT molecular complexity index is 1510. The van der Waals surface area contributed by atoms with Gasteiger partial charge in [0.25, 0.3) is 5.56 Å². The van der Waals surface area contributed by atoms with Crippen LogP contribution in [0, 0.1) is 11.6 Å². The molecule has 0 spiro atoms. The first-order chi connectivity index (χ1) is 17.3. The average Bonchev–Trinajstić information content (AvgIpc) is 2.83. The van der Waals surface area contributed by atoms with Gasteiger partial charge in [-0.25, -0.2) is 8.78 Å². The van der Waals surface area contributed by atoms with Crippen molar-refractivity contribution in [2.24, 2.45) is 4.99 Å². The van der Waals surface area contributed by atoms with Crippen molar-refractivity contribution < 1.29 is 13.9 Å². The summed E-state index contributed by atoms with van der Waals surface area (Å²) in [7, 11) is 0. The molecule has 1 fully saturated rings. The summed E-state index contributed by atoms with van der Waals surface area (Å²) in [6, 6.07) is 16.4.